The Kier molecular flexibility index (Phi) is 2.34. The first-order chi connectivity index (χ1) is 9.15. The van der Waals surface area contributed by atoms with Gasteiger partial charge in [-0.2, -0.15) is 0 Å². The fourth-order valence-corrected chi connectivity index (χ4v) is 4.48. The van der Waals surface area contributed by atoms with E-state index >= 15 is 0 Å². The number of aromatic amines is 1. The molecule has 1 N–H and O–H groups in total. The summed E-state index contributed by atoms with van der Waals surface area (Å²) in [6.45, 7) is 5.87. The highest BCUT2D eigenvalue weighted by atomic mass is 15.1. The third-order valence-electron chi connectivity index (χ3n) is 5.27. The second-order valence-corrected chi connectivity index (χ2v) is 6.66. The zero-order valence-corrected chi connectivity index (χ0v) is 12.0. The highest BCUT2D eigenvalue weighted by Gasteiger charge is 2.38. The van der Waals surface area contributed by atoms with E-state index in [9.17, 15) is 0 Å². The molecule has 4 rings (SSSR count). The Hall–Kier alpha value is -1.28. The number of hydrogen-bond acceptors (Lipinski definition) is 1. The molecule has 2 aromatic rings. The van der Waals surface area contributed by atoms with Crippen LogP contribution in [0.1, 0.15) is 36.1 Å². The van der Waals surface area contributed by atoms with Gasteiger partial charge in [-0.25, -0.2) is 0 Å². The van der Waals surface area contributed by atoms with E-state index in [1.807, 2.05) is 0 Å². The normalized spacial score (nSPS) is 30.6. The van der Waals surface area contributed by atoms with Crippen LogP contribution in [0.25, 0.3) is 10.9 Å². The average molecular weight is 254 g/mol. The summed E-state index contributed by atoms with van der Waals surface area (Å²) in [4.78, 5) is 6.17. The first kappa shape index (κ1) is 11.5. The summed E-state index contributed by atoms with van der Waals surface area (Å²) >= 11 is 0. The molecule has 19 heavy (non-hydrogen) atoms. The lowest BCUT2D eigenvalue weighted by atomic mass is 9.72. The van der Waals surface area contributed by atoms with Crippen LogP contribution in [0, 0.1) is 12.8 Å². The zero-order valence-electron chi connectivity index (χ0n) is 12.0. The summed E-state index contributed by atoms with van der Waals surface area (Å²) in [5, 5.41) is 1.53. The maximum Gasteiger partial charge on any atom is 0.0461 e. The molecule has 1 fully saturated rings. The van der Waals surface area contributed by atoms with Crippen LogP contribution in [0.3, 0.4) is 0 Å². The van der Waals surface area contributed by atoms with E-state index in [2.05, 4.69) is 49.0 Å². The number of rotatable bonds is 0. The van der Waals surface area contributed by atoms with Gasteiger partial charge >= 0.3 is 0 Å². The molecule has 0 saturated carbocycles. The summed E-state index contributed by atoms with van der Waals surface area (Å²) < 4.78 is 0. The van der Waals surface area contributed by atoms with E-state index in [-0.39, 0.29) is 0 Å². The molecule has 100 valence electrons. The highest BCUT2D eigenvalue weighted by Crippen LogP contribution is 2.44. The predicted octanol–water partition coefficient (Wildman–Crippen LogP) is 3.46. The van der Waals surface area contributed by atoms with Crippen molar-refractivity contribution in [3.05, 3.63) is 35.0 Å². The number of piperidine rings is 1. The van der Waals surface area contributed by atoms with E-state index in [4.69, 9.17) is 0 Å². The second-order valence-electron chi connectivity index (χ2n) is 6.66. The van der Waals surface area contributed by atoms with Crippen molar-refractivity contribution in [3.63, 3.8) is 0 Å². The van der Waals surface area contributed by atoms with Gasteiger partial charge in [0.05, 0.1) is 0 Å². The third-order valence-corrected chi connectivity index (χ3v) is 5.27. The summed E-state index contributed by atoms with van der Waals surface area (Å²) in [5.41, 5.74) is 5.86. The zero-order chi connectivity index (χ0) is 13.1. The van der Waals surface area contributed by atoms with E-state index < -0.39 is 0 Å². The predicted molar refractivity (Wildman–Crippen MR) is 79.7 cm³/mol. The number of nitrogens with zero attached hydrogens (tertiary/aromatic N) is 1. The van der Waals surface area contributed by atoms with Gasteiger partial charge in [-0.1, -0.05) is 19.1 Å². The van der Waals surface area contributed by atoms with Gasteiger partial charge in [0.25, 0.3) is 0 Å². The SMILES string of the molecule is Cc1[nH]c2cccc3c2c1C[C@@H]1C3CC(C)CN1C. The van der Waals surface area contributed by atoms with Crippen LogP contribution in [0.4, 0.5) is 0 Å². The van der Waals surface area contributed by atoms with E-state index in [0.29, 0.717) is 6.04 Å². The molecule has 0 spiro atoms. The molecule has 0 amide bonds. The second kappa shape index (κ2) is 3.86. The van der Waals surface area contributed by atoms with Gasteiger partial charge in [-0.3, -0.25) is 0 Å². The molecule has 2 heterocycles. The summed E-state index contributed by atoms with van der Waals surface area (Å²) in [6.07, 6.45) is 2.56. The van der Waals surface area contributed by atoms with Gasteiger partial charge < -0.3 is 9.88 Å². The van der Waals surface area contributed by atoms with Crippen LogP contribution in [-0.2, 0) is 6.42 Å². The Morgan fingerprint density at radius 1 is 1.32 bits per heavy atom. The van der Waals surface area contributed by atoms with Gasteiger partial charge in [-0.05, 0) is 49.9 Å². The van der Waals surface area contributed by atoms with Gasteiger partial charge in [0, 0.05) is 35.1 Å². The van der Waals surface area contributed by atoms with Crippen LogP contribution in [-0.4, -0.2) is 29.5 Å². The number of H-pyrrole nitrogens is 1. The maximum atomic E-state index is 3.58. The molecule has 0 bridgehead atoms. The molecule has 1 aliphatic heterocycles. The van der Waals surface area contributed by atoms with Crippen LogP contribution in [0.15, 0.2) is 18.2 Å². The van der Waals surface area contributed by atoms with Crippen molar-refractivity contribution in [1.82, 2.24) is 9.88 Å². The number of aromatic nitrogens is 1. The number of fused-ring (bicyclic) bond motifs is 2. The molecule has 1 aromatic heterocycles. The fourth-order valence-electron chi connectivity index (χ4n) is 4.48. The van der Waals surface area contributed by atoms with Crippen LogP contribution in [0.2, 0.25) is 0 Å². The van der Waals surface area contributed by atoms with Crippen molar-refractivity contribution < 1.29 is 0 Å². The molecule has 2 nitrogen and oxygen atoms in total. The van der Waals surface area contributed by atoms with Crippen molar-refractivity contribution in [1.29, 1.82) is 0 Å². The third kappa shape index (κ3) is 1.53. The van der Waals surface area contributed by atoms with Gasteiger partial charge in [0.15, 0.2) is 0 Å². The van der Waals surface area contributed by atoms with Crippen LogP contribution < -0.4 is 0 Å². The average Bonchev–Trinajstić information content (AvgIpc) is 2.69. The largest absolute Gasteiger partial charge is 0.358 e. The Labute approximate surface area is 114 Å². The molecule has 1 aromatic carbocycles. The van der Waals surface area contributed by atoms with E-state index in [1.165, 1.54) is 36.0 Å². The number of likely N-dealkylation sites (N-methyl/N-ethyl adjacent to an activating group) is 1. The monoisotopic (exact) mass is 254 g/mol. The van der Waals surface area contributed by atoms with Crippen molar-refractivity contribution in [2.24, 2.45) is 5.92 Å². The minimum Gasteiger partial charge on any atom is -0.358 e. The number of benzene rings is 1. The lowest BCUT2D eigenvalue weighted by Gasteiger charge is -2.45. The molecule has 2 unspecified atom stereocenters. The Balaban J connectivity index is 1.95. The van der Waals surface area contributed by atoms with Gasteiger partial charge in [-0.15, -0.1) is 0 Å². The Bertz CT molecular complexity index is 640. The standard InChI is InChI=1S/C17H22N2/c1-10-7-14-12-5-4-6-15-17(12)13(11(2)18-15)8-16(14)19(3)9-10/h4-6,10,14,16,18H,7-9H2,1-3H3/t10?,14?,16-/m1/s1. The lowest BCUT2D eigenvalue weighted by Crippen LogP contribution is -2.47. The topological polar surface area (TPSA) is 19.0 Å². The van der Waals surface area contributed by atoms with Crippen molar-refractivity contribution in [2.75, 3.05) is 13.6 Å². The van der Waals surface area contributed by atoms with Gasteiger partial charge in [0.2, 0.25) is 0 Å². The van der Waals surface area contributed by atoms with Gasteiger partial charge in [0.1, 0.15) is 0 Å². The number of nitrogens with one attached hydrogen (secondary N) is 1. The minimum absolute atomic E-state index is 0.698. The number of hydrogen-bond donors (Lipinski definition) is 1. The van der Waals surface area contributed by atoms with Crippen LogP contribution >= 0.6 is 0 Å². The maximum absolute atomic E-state index is 3.58. The number of likely N-dealkylation sites (tertiary alicyclic amines) is 1. The molecule has 2 heteroatoms. The lowest BCUT2D eigenvalue weighted by molar-refractivity contribution is 0.119. The molecule has 1 aliphatic carbocycles. The molecule has 1 saturated heterocycles. The first-order valence-corrected chi connectivity index (χ1v) is 7.45. The highest BCUT2D eigenvalue weighted by molar-refractivity contribution is 5.89. The van der Waals surface area contributed by atoms with Crippen molar-refractivity contribution >= 4 is 10.9 Å². The smallest absolute Gasteiger partial charge is 0.0461 e. The van der Waals surface area contributed by atoms with E-state index in [1.54, 1.807) is 11.1 Å². The fraction of sp³-hybridized carbons (Fsp3) is 0.529. The molecule has 0 radical (unpaired) electrons. The van der Waals surface area contributed by atoms with Crippen molar-refractivity contribution in [2.45, 2.75) is 38.6 Å². The van der Waals surface area contributed by atoms with Crippen LogP contribution in [0.5, 0.6) is 0 Å². The summed E-state index contributed by atoms with van der Waals surface area (Å²) in [6, 6.07) is 7.51. The Morgan fingerprint density at radius 3 is 3.00 bits per heavy atom. The summed E-state index contributed by atoms with van der Waals surface area (Å²) in [7, 11) is 2.31. The minimum atomic E-state index is 0.698. The van der Waals surface area contributed by atoms with E-state index in [0.717, 1.165) is 11.8 Å². The summed E-state index contributed by atoms with van der Waals surface area (Å²) in [5.74, 6) is 1.53. The van der Waals surface area contributed by atoms with Crippen molar-refractivity contribution in [3.8, 4) is 0 Å². The molecule has 2 aliphatic rings. The Morgan fingerprint density at radius 2 is 2.16 bits per heavy atom. The molecular weight excluding hydrogens is 232 g/mol. The quantitative estimate of drug-likeness (QED) is 0.763. The molecule has 3 atom stereocenters. The first-order valence-electron chi connectivity index (χ1n) is 7.45. The number of aryl methyl sites for hydroxylation is 1. The molecular formula is C17H22N2.